The topological polar surface area (TPSA) is 127 Å². The third-order valence-corrected chi connectivity index (χ3v) is 3.59. The fourth-order valence-corrected chi connectivity index (χ4v) is 2.35. The molecule has 126 valence electrons. The molecule has 4 N–H and O–H groups in total. The molecule has 8 heteroatoms. The van der Waals surface area contributed by atoms with E-state index in [9.17, 15) is 14.4 Å². The number of nitrogens with two attached hydrogens (primary N) is 1. The number of hydrogen-bond acceptors (Lipinski definition) is 4. The number of aromatic nitrogens is 2. The number of rotatable bonds is 5. The number of carbonyl (C=O) groups is 3. The van der Waals surface area contributed by atoms with Crippen molar-refractivity contribution in [3.05, 3.63) is 60.0 Å². The number of nitrogens with zero attached hydrogens (tertiary/aromatic N) is 2. The third-order valence-electron chi connectivity index (χ3n) is 3.59. The second kappa shape index (κ2) is 6.44. The highest BCUT2D eigenvalue weighted by molar-refractivity contribution is 5.95. The molecule has 0 radical (unpaired) electrons. The summed E-state index contributed by atoms with van der Waals surface area (Å²) in [5.74, 6) is -2.18. The molecule has 0 aliphatic carbocycles. The molecule has 0 aliphatic rings. The predicted molar refractivity (Wildman–Crippen MR) is 89.1 cm³/mol. The zero-order chi connectivity index (χ0) is 18.0. The number of imidazole rings is 1. The Morgan fingerprint density at radius 1 is 1.04 bits per heavy atom. The maximum atomic E-state index is 11.9. The Labute approximate surface area is 141 Å². The van der Waals surface area contributed by atoms with E-state index in [1.807, 2.05) is 6.07 Å². The molecule has 0 saturated heterocycles. The van der Waals surface area contributed by atoms with Crippen molar-refractivity contribution in [1.29, 1.82) is 0 Å². The van der Waals surface area contributed by atoms with E-state index in [1.54, 1.807) is 40.9 Å². The van der Waals surface area contributed by atoms with Crippen LogP contribution in [0, 0.1) is 0 Å². The summed E-state index contributed by atoms with van der Waals surface area (Å²) in [6, 6.07) is 10.4. The molecule has 25 heavy (non-hydrogen) atoms. The van der Waals surface area contributed by atoms with Gasteiger partial charge in [0.15, 0.2) is 0 Å². The molecule has 2 aromatic heterocycles. The fraction of sp³-hybridized carbons (Fsp3) is 0.0588. The molecule has 0 atom stereocenters. The van der Waals surface area contributed by atoms with Crippen LogP contribution in [0.4, 0.5) is 0 Å². The smallest absolute Gasteiger partial charge is 0.322 e. The highest BCUT2D eigenvalue weighted by Crippen LogP contribution is 2.21. The zero-order valence-corrected chi connectivity index (χ0v) is 13.0. The first-order chi connectivity index (χ1) is 11.9. The highest BCUT2D eigenvalue weighted by Gasteiger charge is 2.12. The van der Waals surface area contributed by atoms with Crippen LogP contribution in [0.25, 0.3) is 16.8 Å². The van der Waals surface area contributed by atoms with Gasteiger partial charge in [0.2, 0.25) is 5.91 Å². The Hall–Kier alpha value is -3.68. The first-order valence-corrected chi connectivity index (χ1v) is 7.33. The van der Waals surface area contributed by atoms with Crippen LogP contribution in [-0.4, -0.2) is 38.8 Å². The molecule has 0 aliphatic heterocycles. The molecule has 0 unspecified atom stereocenters. The largest absolute Gasteiger partial charge is 0.480 e. The van der Waals surface area contributed by atoms with E-state index in [-0.39, 0.29) is 5.69 Å². The van der Waals surface area contributed by atoms with Crippen molar-refractivity contribution in [2.45, 2.75) is 0 Å². The Morgan fingerprint density at radius 3 is 2.36 bits per heavy atom. The number of aliphatic carboxylic acids is 1. The van der Waals surface area contributed by atoms with Crippen LogP contribution in [0.5, 0.6) is 0 Å². The number of benzene rings is 1. The van der Waals surface area contributed by atoms with Gasteiger partial charge >= 0.3 is 5.97 Å². The summed E-state index contributed by atoms with van der Waals surface area (Å²) >= 11 is 0. The van der Waals surface area contributed by atoms with Gasteiger partial charge in [-0.3, -0.25) is 14.4 Å². The molecule has 8 nitrogen and oxygen atoms in total. The number of carboxylic acid groups (broad SMARTS) is 1. The lowest BCUT2D eigenvalue weighted by molar-refractivity contribution is -0.135. The first kappa shape index (κ1) is 16.2. The molecular weight excluding hydrogens is 324 g/mol. The Balaban J connectivity index is 1.88. The standard InChI is InChI=1S/C17H14N4O4/c18-16(24)11-3-1-10(2-4-11)12-5-6-14-20-13(9-21(14)8-12)17(25)19-7-15(22)23/h1-6,8-9H,7H2,(H2,18,24)(H,19,25)(H,22,23). The average molecular weight is 338 g/mol. The predicted octanol–water partition coefficient (Wildman–Crippen LogP) is 0.915. The second-order valence-corrected chi connectivity index (χ2v) is 5.33. The van der Waals surface area contributed by atoms with Crippen LogP contribution in [0.1, 0.15) is 20.8 Å². The summed E-state index contributed by atoms with van der Waals surface area (Å²) in [6.45, 7) is -0.468. The minimum Gasteiger partial charge on any atom is -0.480 e. The molecule has 0 fully saturated rings. The normalized spacial score (nSPS) is 10.6. The van der Waals surface area contributed by atoms with Crippen molar-refractivity contribution >= 4 is 23.4 Å². The van der Waals surface area contributed by atoms with Crippen molar-refractivity contribution in [2.24, 2.45) is 5.73 Å². The molecule has 0 bridgehead atoms. The van der Waals surface area contributed by atoms with Gasteiger partial charge in [-0.1, -0.05) is 12.1 Å². The Bertz CT molecular complexity index is 976. The molecule has 3 aromatic rings. The summed E-state index contributed by atoms with van der Waals surface area (Å²) in [6.07, 6.45) is 3.31. The zero-order valence-electron chi connectivity index (χ0n) is 13.0. The summed E-state index contributed by atoms with van der Waals surface area (Å²) in [5.41, 5.74) is 8.06. The van der Waals surface area contributed by atoms with E-state index < -0.39 is 24.3 Å². The van der Waals surface area contributed by atoms with Gasteiger partial charge in [-0.25, -0.2) is 4.98 Å². The summed E-state index contributed by atoms with van der Waals surface area (Å²) in [7, 11) is 0. The van der Waals surface area contributed by atoms with Crippen LogP contribution < -0.4 is 11.1 Å². The van der Waals surface area contributed by atoms with E-state index in [1.165, 1.54) is 6.20 Å². The lowest BCUT2D eigenvalue weighted by atomic mass is 10.1. The number of hydrogen-bond donors (Lipinski definition) is 3. The molecule has 2 amide bonds. The van der Waals surface area contributed by atoms with E-state index in [0.717, 1.165) is 11.1 Å². The van der Waals surface area contributed by atoms with E-state index >= 15 is 0 Å². The Kier molecular flexibility index (Phi) is 4.17. The number of nitrogens with one attached hydrogen (secondary N) is 1. The lowest BCUT2D eigenvalue weighted by Gasteiger charge is -2.03. The average Bonchev–Trinajstić information content (AvgIpc) is 3.03. The molecule has 0 saturated carbocycles. The van der Waals surface area contributed by atoms with Crippen LogP contribution in [0.2, 0.25) is 0 Å². The van der Waals surface area contributed by atoms with Crippen molar-refractivity contribution < 1.29 is 19.5 Å². The number of primary amides is 1. The second-order valence-electron chi connectivity index (χ2n) is 5.33. The first-order valence-electron chi connectivity index (χ1n) is 7.33. The summed E-state index contributed by atoms with van der Waals surface area (Å²) in [5, 5.41) is 10.9. The quantitative estimate of drug-likeness (QED) is 0.637. The maximum Gasteiger partial charge on any atom is 0.322 e. The van der Waals surface area contributed by atoms with Crippen LogP contribution in [0.15, 0.2) is 48.8 Å². The van der Waals surface area contributed by atoms with E-state index in [0.29, 0.717) is 11.2 Å². The van der Waals surface area contributed by atoms with Gasteiger partial charge in [-0.2, -0.15) is 0 Å². The van der Waals surface area contributed by atoms with E-state index in [2.05, 4.69) is 10.3 Å². The van der Waals surface area contributed by atoms with Crippen molar-refractivity contribution in [1.82, 2.24) is 14.7 Å². The van der Waals surface area contributed by atoms with Gasteiger partial charge in [0.1, 0.15) is 17.9 Å². The molecule has 2 heterocycles. The minimum atomic E-state index is -1.13. The number of pyridine rings is 1. The monoisotopic (exact) mass is 338 g/mol. The summed E-state index contributed by atoms with van der Waals surface area (Å²) in [4.78, 5) is 37.7. The van der Waals surface area contributed by atoms with Crippen molar-refractivity contribution in [2.75, 3.05) is 6.54 Å². The Morgan fingerprint density at radius 2 is 1.72 bits per heavy atom. The van der Waals surface area contributed by atoms with E-state index in [4.69, 9.17) is 10.8 Å². The van der Waals surface area contributed by atoms with Gasteiger partial charge in [-0.05, 0) is 35.4 Å². The molecule has 3 rings (SSSR count). The minimum absolute atomic E-state index is 0.127. The highest BCUT2D eigenvalue weighted by atomic mass is 16.4. The van der Waals surface area contributed by atoms with Gasteiger partial charge in [0.25, 0.3) is 5.91 Å². The third kappa shape index (κ3) is 3.47. The van der Waals surface area contributed by atoms with Crippen LogP contribution in [0.3, 0.4) is 0 Å². The summed E-state index contributed by atoms with van der Waals surface area (Å²) < 4.78 is 1.67. The number of carbonyl (C=O) groups excluding carboxylic acids is 2. The van der Waals surface area contributed by atoms with Gasteiger partial charge in [-0.15, -0.1) is 0 Å². The van der Waals surface area contributed by atoms with Crippen molar-refractivity contribution in [3.8, 4) is 11.1 Å². The number of carboxylic acids is 1. The van der Waals surface area contributed by atoms with Gasteiger partial charge in [0, 0.05) is 18.0 Å². The SMILES string of the molecule is NC(=O)c1ccc(-c2ccc3nc(C(=O)NCC(=O)O)cn3c2)cc1. The number of amides is 2. The van der Waals surface area contributed by atoms with Crippen LogP contribution >= 0.6 is 0 Å². The lowest BCUT2D eigenvalue weighted by Crippen LogP contribution is -2.29. The van der Waals surface area contributed by atoms with Gasteiger partial charge in [0.05, 0.1) is 0 Å². The molecule has 1 aromatic carbocycles. The molecular formula is C17H14N4O4. The van der Waals surface area contributed by atoms with Crippen LogP contribution in [-0.2, 0) is 4.79 Å². The van der Waals surface area contributed by atoms with Gasteiger partial charge < -0.3 is 20.6 Å². The number of fused-ring (bicyclic) bond motifs is 1. The fourth-order valence-electron chi connectivity index (χ4n) is 2.35. The van der Waals surface area contributed by atoms with Crippen molar-refractivity contribution in [3.63, 3.8) is 0 Å². The molecule has 0 spiro atoms. The maximum absolute atomic E-state index is 11.9.